The third kappa shape index (κ3) is 21.8. The number of carbonyl (C=O) groups is 1. The summed E-state index contributed by atoms with van der Waals surface area (Å²) in [5, 5.41) is 0. The van der Waals surface area contributed by atoms with Crippen LogP contribution in [0.3, 0.4) is 0 Å². The molecule has 0 aliphatic rings. The van der Waals surface area contributed by atoms with Gasteiger partial charge in [-0.3, -0.25) is 4.79 Å². The molecule has 2 heteroatoms. The molecule has 0 bridgehead atoms. The van der Waals surface area contributed by atoms with E-state index in [9.17, 15) is 4.79 Å². The van der Waals surface area contributed by atoms with E-state index in [1.54, 1.807) is 0 Å². The minimum absolute atomic E-state index is 0.0625. The van der Waals surface area contributed by atoms with Crippen molar-refractivity contribution < 1.29 is 9.53 Å². The second-order valence-electron chi connectivity index (χ2n) is 8.99. The van der Waals surface area contributed by atoms with Gasteiger partial charge in [-0.15, -0.1) is 0 Å². The zero-order valence-electron chi connectivity index (χ0n) is 19.7. The van der Waals surface area contributed by atoms with Crippen molar-refractivity contribution in [2.75, 3.05) is 7.11 Å². The Morgan fingerprint density at radius 2 is 0.929 bits per heavy atom. The van der Waals surface area contributed by atoms with E-state index in [1.807, 2.05) is 0 Å². The first-order valence-corrected chi connectivity index (χ1v) is 12.8. The molecule has 0 aromatic carbocycles. The van der Waals surface area contributed by atoms with Crippen molar-refractivity contribution in [3.8, 4) is 0 Å². The van der Waals surface area contributed by atoms with Crippen LogP contribution in [0.15, 0.2) is 0 Å². The topological polar surface area (TPSA) is 26.3 Å². The van der Waals surface area contributed by atoms with Gasteiger partial charge in [0.15, 0.2) is 0 Å². The van der Waals surface area contributed by atoms with E-state index in [0.717, 1.165) is 12.3 Å². The first-order valence-electron chi connectivity index (χ1n) is 12.8. The standard InChI is InChI=1S/C26H52O2/c1-4-25(2)23-21-19-17-15-13-11-9-7-5-6-8-10-12-14-16-18-20-22-24-26(27)28-3/h25H,4-24H2,1-3H3. The van der Waals surface area contributed by atoms with Gasteiger partial charge in [0.25, 0.3) is 0 Å². The number of hydrogen-bond acceptors (Lipinski definition) is 2. The number of rotatable bonds is 22. The van der Waals surface area contributed by atoms with Crippen molar-refractivity contribution in [1.29, 1.82) is 0 Å². The van der Waals surface area contributed by atoms with Crippen molar-refractivity contribution in [3.63, 3.8) is 0 Å². The first kappa shape index (κ1) is 27.5. The number of esters is 1. The highest BCUT2D eigenvalue weighted by atomic mass is 16.5. The molecule has 2 nitrogen and oxygen atoms in total. The molecule has 0 spiro atoms. The van der Waals surface area contributed by atoms with E-state index in [-0.39, 0.29) is 5.97 Å². The smallest absolute Gasteiger partial charge is 0.305 e. The van der Waals surface area contributed by atoms with Gasteiger partial charge in [0, 0.05) is 6.42 Å². The lowest BCUT2D eigenvalue weighted by Gasteiger charge is -2.07. The average Bonchev–Trinajstić information content (AvgIpc) is 2.71. The third-order valence-corrected chi connectivity index (χ3v) is 6.25. The third-order valence-electron chi connectivity index (χ3n) is 6.25. The molecule has 0 aromatic rings. The van der Waals surface area contributed by atoms with Gasteiger partial charge in [-0.2, -0.15) is 0 Å². The quantitative estimate of drug-likeness (QED) is 0.135. The summed E-state index contributed by atoms with van der Waals surface area (Å²) in [6.07, 6.45) is 28.3. The van der Waals surface area contributed by atoms with Gasteiger partial charge >= 0.3 is 5.97 Å². The predicted molar refractivity (Wildman–Crippen MR) is 124 cm³/mol. The fourth-order valence-corrected chi connectivity index (χ4v) is 3.90. The van der Waals surface area contributed by atoms with Crippen LogP contribution in [0.5, 0.6) is 0 Å². The van der Waals surface area contributed by atoms with E-state index in [4.69, 9.17) is 0 Å². The van der Waals surface area contributed by atoms with E-state index in [2.05, 4.69) is 18.6 Å². The summed E-state index contributed by atoms with van der Waals surface area (Å²) < 4.78 is 4.66. The van der Waals surface area contributed by atoms with Crippen LogP contribution < -0.4 is 0 Å². The second-order valence-corrected chi connectivity index (χ2v) is 8.99. The Balaban J connectivity index is 3.04. The molecule has 0 rings (SSSR count). The van der Waals surface area contributed by atoms with Gasteiger partial charge in [-0.25, -0.2) is 0 Å². The Kier molecular flexibility index (Phi) is 22.3. The van der Waals surface area contributed by atoms with Crippen LogP contribution in [0.25, 0.3) is 0 Å². The van der Waals surface area contributed by atoms with Crippen molar-refractivity contribution in [2.24, 2.45) is 5.92 Å². The Morgan fingerprint density at radius 1 is 0.607 bits per heavy atom. The van der Waals surface area contributed by atoms with Crippen LogP contribution in [0.2, 0.25) is 0 Å². The fourth-order valence-electron chi connectivity index (χ4n) is 3.90. The highest BCUT2D eigenvalue weighted by Gasteiger charge is 2.00. The highest BCUT2D eigenvalue weighted by Crippen LogP contribution is 2.16. The van der Waals surface area contributed by atoms with Gasteiger partial charge in [-0.05, 0) is 12.3 Å². The van der Waals surface area contributed by atoms with E-state index >= 15 is 0 Å². The van der Waals surface area contributed by atoms with Crippen molar-refractivity contribution in [1.82, 2.24) is 0 Å². The van der Waals surface area contributed by atoms with Gasteiger partial charge in [0.2, 0.25) is 0 Å². The van der Waals surface area contributed by atoms with Crippen LogP contribution in [0.1, 0.15) is 149 Å². The maximum atomic E-state index is 11.0. The van der Waals surface area contributed by atoms with Crippen LogP contribution in [0, 0.1) is 5.92 Å². The molecule has 0 amide bonds. The summed E-state index contributed by atoms with van der Waals surface area (Å²) in [7, 11) is 1.47. The number of carbonyl (C=O) groups excluding carboxylic acids is 1. The molecule has 0 saturated carbocycles. The Bertz CT molecular complexity index is 314. The van der Waals surface area contributed by atoms with E-state index in [0.29, 0.717) is 6.42 Å². The molecule has 0 saturated heterocycles. The molecule has 0 radical (unpaired) electrons. The molecule has 28 heavy (non-hydrogen) atoms. The molecule has 0 N–H and O–H groups in total. The van der Waals surface area contributed by atoms with Crippen LogP contribution in [0.4, 0.5) is 0 Å². The predicted octanol–water partition coefficient (Wildman–Crippen LogP) is 9.01. The monoisotopic (exact) mass is 396 g/mol. The molecule has 1 atom stereocenters. The number of methoxy groups -OCH3 is 1. The molecule has 168 valence electrons. The van der Waals surface area contributed by atoms with Gasteiger partial charge < -0.3 is 4.74 Å². The summed E-state index contributed by atoms with van der Waals surface area (Å²) >= 11 is 0. The van der Waals surface area contributed by atoms with Crippen LogP contribution >= 0.6 is 0 Å². The normalized spacial score (nSPS) is 12.2. The lowest BCUT2D eigenvalue weighted by molar-refractivity contribution is -0.140. The molecule has 0 aromatic heterocycles. The Hall–Kier alpha value is -0.530. The lowest BCUT2D eigenvalue weighted by Crippen LogP contribution is -1.99. The molecular weight excluding hydrogens is 344 g/mol. The average molecular weight is 397 g/mol. The van der Waals surface area contributed by atoms with Gasteiger partial charge in [0.05, 0.1) is 7.11 Å². The number of hydrogen-bond donors (Lipinski definition) is 0. The van der Waals surface area contributed by atoms with Crippen molar-refractivity contribution in [3.05, 3.63) is 0 Å². The maximum absolute atomic E-state index is 11.0. The van der Waals surface area contributed by atoms with E-state index in [1.165, 1.54) is 129 Å². The van der Waals surface area contributed by atoms with Crippen LogP contribution in [-0.2, 0) is 9.53 Å². The maximum Gasteiger partial charge on any atom is 0.305 e. The summed E-state index contributed by atoms with van der Waals surface area (Å²) in [5.41, 5.74) is 0. The summed E-state index contributed by atoms with van der Waals surface area (Å²) in [6, 6.07) is 0. The first-order chi connectivity index (χ1) is 13.7. The largest absolute Gasteiger partial charge is 0.469 e. The summed E-state index contributed by atoms with van der Waals surface area (Å²) in [4.78, 5) is 11.0. The van der Waals surface area contributed by atoms with Crippen LogP contribution in [-0.4, -0.2) is 13.1 Å². The van der Waals surface area contributed by atoms with Gasteiger partial charge in [0.1, 0.15) is 0 Å². The zero-order chi connectivity index (χ0) is 20.7. The lowest BCUT2D eigenvalue weighted by atomic mass is 9.99. The molecule has 0 aliphatic heterocycles. The molecular formula is C26H52O2. The summed E-state index contributed by atoms with van der Waals surface area (Å²) in [5.74, 6) is 0.872. The molecule has 0 heterocycles. The zero-order valence-corrected chi connectivity index (χ0v) is 19.7. The number of ether oxygens (including phenoxy) is 1. The minimum atomic E-state index is -0.0625. The van der Waals surface area contributed by atoms with E-state index < -0.39 is 0 Å². The Labute approximate surface area is 177 Å². The number of unbranched alkanes of at least 4 members (excludes halogenated alkanes) is 17. The molecule has 1 unspecified atom stereocenters. The van der Waals surface area contributed by atoms with Crippen molar-refractivity contribution in [2.45, 2.75) is 149 Å². The fraction of sp³-hybridized carbons (Fsp3) is 0.962. The second kappa shape index (κ2) is 22.8. The van der Waals surface area contributed by atoms with Crippen molar-refractivity contribution >= 4 is 5.97 Å². The van der Waals surface area contributed by atoms with Gasteiger partial charge in [-0.1, -0.05) is 136 Å². The Morgan fingerprint density at radius 3 is 1.25 bits per heavy atom. The molecule has 0 aliphatic carbocycles. The minimum Gasteiger partial charge on any atom is -0.469 e. The molecule has 0 fully saturated rings. The SMILES string of the molecule is CCC(C)CCCCCCCCCCCCCCCCCCCCC(=O)OC. The highest BCUT2D eigenvalue weighted by molar-refractivity contribution is 5.68. The summed E-state index contributed by atoms with van der Waals surface area (Å²) in [6.45, 7) is 4.70.